The molecule has 2 aromatic carbocycles. The first-order valence-electron chi connectivity index (χ1n) is 8.77. The van der Waals surface area contributed by atoms with Crippen LogP contribution in [0.15, 0.2) is 60.7 Å². The lowest BCUT2D eigenvalue weighted by molar-refractivity contribution is 0.0946. The van der Waals surface area contributed by atoms with Crippen LogP contribution < -0.4 is 10.2 Å². The zero-order valence-corrected chi connectivity index (χ0v) is 14.1. The summed E-state index contributed by atoms with van der Waals surface area (Å²) >= 11 is 0. The van der Waals surface area contributed by atoms with Gasteiger partial charge < -0.3 is 10.2 Å². The van der Waals surface area contributed by atoms with Crippen LogP contribution in [0.1, 0.15) is 28.9 Å². The lowest BCUT2D eigenvalue weighted by Crippen LogP contribution is -2.24. The third-order valence-electron chi connectivity index (χ3n) is 4.69. The molecule has 0 saturated carbocycles. The van der Waals surface area contributed by atoms with Crippen molar-refractivity contribution in [1.82, 2.24) is 10.3 Å². The highest BCUT2D eigenvalue weighted by atomic mass is 16.1. The van der Waals surface area contributed by atoms with Crippen molar-refractivity contribution in [2.45, 2.75) is 19.4 Å². The van der Waals surface area contributed by atoms with Crippen molar-refractivity contribution in [3.05, 3.63) is 71.9 Å². The van der Waals surface area contributed by atoms with Crippen LogP contribution in [0, 0.1) is 0 Å². The highest BCUT2D eigenvalue weighted by molar-refractivity contribution is 5.94. The fraction of sp³-hybridized carbons (Fsp3) is 0.238. The van der Waals surface area contributed by atoms with E-state index in [1.165, 1.54) is 18.5 Å². The molecule has 0 aliphatic carbocycles. The summed E-state index contributed by atoms with van der Waals surface area (Å²) in [6.07, 6.45) is 2.55. The third-order valence-corrected chi connectivity index (χ3v) is 4.69. The normalized spacial score (nSPS) is 14.0. The first-order chi connectivity index (χ1) is 12.3. The largest absolute Gasteiger partial charge is 0.372 e. The van der Waals surface area contributed by atoms with Gasteiger partial charge in [-0.2, -0.15) is 0 Å². The SMILES string of the molecule is O=C(NCc1ccc(N2CCCC2)cc1)c1ccc2ccccc2n1. The van der Waals surface area contributed by atoms with Crippen molar-refractivity contribution in [2.24, 2.45) is 0 Å². The summed E-state index contributed by atoms with van der Waals surface area (Å²) in [5.41, 5.74) is 3.65. The summed E-state index contributed by atoms with van der Waals surface area (Å²) in [5, 5.41) is 3.99. The predicted molar refractivity (Wildman–Crippen MR) is 101 cm³/mol. The number of hydrogen-bond acceptors (Lipinski definition) is 3. The van der Waals surface area contributed by atoms with Crippen molar-refractivity contribution >= 4 is 22.5 Å². The van der Waals surface area contributed by atoms with Crippen LogP contribution in [0.5, 0.6) is 0 Å². The predicted octanol–water partition coefficient (Wildman–Crippen LogP) is 3.77. The van der Waals surface area contributed by atoms with E-state index in [4.69, 9.17) is 0 Å². The Hall–Kier alpha value is -2.88. The van der Waals surface area contributed by atoms with E-state index in [2.05, 4.69) is 39.5 Å². The quantitative estimate of drug-likeness (QED) is 0.791. The number of benzene rings is 2. The van der Waals surface area contributed by atoms with Crippen molar-refractivity contribution in [1.29, 1.82) is 0 Å². The summed E-state index contributed by atoms with van der Waals surface area (Å²) in [5.74, 6) is -0.144. The van der Waals surface area contributed by atoms with Gasteiger partial charge in [-0.3, -0.25) is 4.79 Å². The Morgan fingerprint density at radius 2 is 1.72 bits per heavy atom. The Morgan fingerprint density at radius 1 is 0.960 bits per heavy atom. The molecule has 1 amide bonds. The van der Waals surface area contributed by atoms with Gasteiger partial charge in [0.2, 0.25) is 0 Å². The summed E-state index contributed by atoms with van der Waals surface area (Å²) in [6, 6.07) is 20.0. The zero-order chi connectivity index (χ0) is 17.1. The number of nitrogens with zero attached hydrogens (tertiary/aromatic N) is 2. The number of para-hydroxylation sites is 1. The average molecular weight is 331 g/mol. The van der Waals surface area contributed by atoms with Crippen LogP contribution in [0.25, 0.3) is 10.9 Å². The summed E-state index contributed by atoms with van der Waals surface area (Å²) in [6.45, 7) is 2.79. The molecule has 1 fully saturated rings. The molecule has 1 aliphatic heterocycles. The van der Waals surface area contributed by atoms with Gasteiger partial charge in [0.25, 0.3) is 5.91 Å². The maximum Gasteiger partial charge on any atom is 0.270 e. The number of rotatable bonds is 4. The van der Waals surface area contributed by atoms with E-state index in [1.807, 2.05) is 30.3 Å². The highest BCUT2D eigenvalue weighted by Gasteiger charge is 2.12. The average Bonchev–Trinajstić information content (AvgIpc) is 3.21. The molecule has 126 valence electrons. The van der Waals surface area contributed by atoms with Crippen molar-refractivity contribution in [3.63, 3.8) is 0 Å². The molecule has 1 aromatic heterocycles. The smallest absolute Gasteiger partial charge is 0.270 e. The minimum Gasteiger partial charge on any atom is -0.372 e. The van der Waals surface area contributed by atoms with Crippen molar-refractivity contribution < 1.29 is 4.79 Å². The third kappa shape index (κ3) is 3.48. The molecule has 4 nitrogen and oxygen atoms in total. The molecule has 1 aliphatic rings. The van der Waals surface area contributed by atoms with E-state index >= 15 is 0 Å². The summed E-state index contributed by atoms with van der Waals surface area (Å²) in [4.78, 5) is 19.2. The molecule has 0 unspecified atom stereocenters. The van der Waals surface area contributed by atoms with Crippen LogP contribution in [-0.4, -0.2) is 24.0 Å². The van der Waals surface area contributed by atoms with E-state index in [0.29, 0.717) is 12.2 Å². The molecule has 1 N–H and O–H groups in total. The summed E-state index contributed by atoms with van der Waals surface area (Å²) in [7, 11) is 0. The Kier molecular flexibility index (Phi) is 4.34. The number of pyridine rings is 1. The lowest BCUT2D eigenvalue weighted by atomic mass is 10.2. The van der Waals surface area contributed by atoms with Gasteiger partial charge in [0.15, 0.2) is 0 Å². The lowest BCUT2D eigenvalue weighted by Gasteiger charge is -2.17. The van der Waals surface area contributed by atoms with Gasteiger partial charge in [0, 0.05) is 30.7 Å². The number of carbonyl (C=O) groups excluding carboxylic acids is 1. The Morgan fingerprint density at radius 3 is 2.52 bits per heavy atom. The molecular weight excluding hydrogens is 310 g/mol. The molecule has 0 spiro atoms. The standard InChI is InChI=1S/C21H21N3O/c25-21(20-12-9-17-5-1-2-6-19(17)23-20)22-15-16-7-10-18(11-8-16)24-13-3-4-14-24/h1-2,5-12H,3-4,13-15H2,(H,22,25). The Balaban J connectivity index is 1.40. The molecule has 4 rings (SSSR count). The molecule has 3 aromatic rings. The molecule has 0 bridgehead atoms. The fourth-order valence-electron chi connectivity index (χ4n) is 3.27. The van der Waals surface area contributed by atoms with Crippen LogP contribution >= 0.6 is 0 Å². The molecule has 25 heavy (non-hydrogen) atoms. The minimum absolute atomic E-state index is 0.144. The number of hydrogen-bond donors (Lipinski definition) is 1. The second kappa shape index (κ2) is 6.93. The second-order valence-electron chi connectivity index (χ2n) is 6.43. The number of fused-ring (bicyclic) bond motifs is 1. The molecule has 2 heterocycles. The first kappa shape index (κ1) is 15.6. The van der Waals surface area contributed by atoms with E-state index in [1.54, 1.807) is 6.07 Å². The number of nitrogens with one attached hydrogen (secondary N) is 1. The zero-order valence-electron chi connectivity index (χ0n) is 14.1. The minimum atomic E-state index is -0.144. The van der Waals surface area contributed by atoms with Gasteiger partial charge in [0.1, 0.15) is 5.69 Å². The number of aromatic nitrogens is 1. The van der Waals surface area contributed by atoms with E-state index in [0.717, 1.165) is 29.6 Å². The second-order valence-corrected chi connectivity index (χ2v) is 6.43. The molecule has 0 atom stereocenters. The van der Waals surface area contributed by atoms with Gasteiger partial charge in [-0.25, -0.2) is 4.98 Å². The van der Waals surface area contributed by atoms with Gasteiger partial charge in [0.05, 0.1) is 5.52 Å². The van der Waals surface area contributed by atoms with Gasteiger partial charge >= 0.3 is 0 Å². The Labute approximate surface area is 147 Å². The molecule has 1 saturated heterocycles. The number of anilines is 1. The highest BCUT2D eigenvalue weighted by Crippen LogP contribution is 2.20. The Bertz CT molecular complexity index is 883. The first-order valence-corrected chi connectivity index (χ1v) is 8.77. The topological polar surface area (TPSA) is 45.2 Å². The van der Waals surface area contributed by atoms with E-state index in [-0.39, 0.29) is 5.91 Å². The maximum atomic E-state index is 12.4. The van der Waals surface area contributed by atoms with Gasteiger partial charge in [-0.15, -0.1) is 0 Å². The molecular formula is C21H21N3O. The summed E-state index contributed by atoms with van der Waals surface area (Å²) < 4.78 is 0. The van der Waals surface area contributed by atoms with Crippen molar-refractivity contribution in [2.75, 3.05) is 18.0 Å². The van der Waals surface area contributed by atoms with Crippen LogP contribution in [0.4, 0.5) is 5.69 Å². The number of amides is 1. The monoisotopic (exact) mass is 331 g/mol. The van der Waals surface area contributed by atoms with Gasteiger partial charge in [-0.1, -0.05) is 36.4 Å². The van der Waals surface area contributed by atoms with E-state index < -0.39 is 0 Å². The molecule has 4 heteroatoms. The molecule has 0 radical (unpaired) electrons. The fourth-order valence-corrected chi connectivity index (χ4v) is 3.27. The van der Waals surface area contributed by atoms with Gasteiger partial charge in [-0.05, 0) is 42.7 Å². The van der Waals surface area contributed by atoms with E-state index in [9.17, 15) is 4.79 Å². The number of carbonyl (C=O) groups is 1. The maximum absolute atomic E-state index is 12.4. The van der Waals surface area contributed by atoms with Crippen LogP contribution in [0.2, 0.25) is 0 Å². The van der Waals surface area contributed by atoms with Crippen LogP contribution in [-0.2, 0) is 6.54 Å². The van der Waals surface area contributed by atoms with Crippen molar-refractivity contribution in [3.8, 4) is 0 Å². The van der Waals surface area contributed by atoms with Crippen LogP contribution in [0.3, 0.4) is 0 Å².